The molecule has 0 aliphatic rings. The third-order valence-electron chi connectivity index (χ3n) is 3.76. The zero-order chi connectivity index (χ0) is 18.0. The molecule has 0 radical (unpaired) electrons. The summed E-state index contributed by atoms with van der Waals surface area (Å²) in [5, 5.41) is 0.963. The van der Waals surface area contributed by atoms with Crippen molar-refractivity contribution in [2.24, 2.45) is 0 Å². The van der Waals surface area contributed by atoms with Gasteiger partial charge in [-0.2, -0.15) is 0 Å². The van der Waals surface area contributed by atoms with Crippen LogP contribution in [0.3, 0.4) is 0 Å². The van der Waals surface area contributed by atoms with Gasteiger partial charge in [-0.25, -0.2) is 13.4 Å². The van der Waals surface area contributed by atoms with Gasteiger partial charge in [-0.3, -0.25) is 9.36 Å². The van der Waals surface area contributed by atoms with Crippen LogP contribution in [0, 0.1) is 0 Å². The largest absolute Gasteiger partial charge is 0.299 e. The van der Waals surface area contributed by atoms with Gasteiger partial charge in [0.05, 0.1) is 32.9 Å². The Labute approximate surface area is 154 Å². The Bertz CT molecular complexity index is 1080. The zero-order valence-electron chi connectivity index (χ0n) is 13.0. The maximum atomic E-state index is 12.5. The Kier molecular flexibility index (Phi) is 5.13. The third kappa shape index (κ3) is 3.86. The van der Waals surface area contributed by atoms with Gasteiger partial charge in [0, 0.05) is 11.6 Å². The van der Waals surface area contributed by atoms with Crippen LogP contribution in [-0.4, -0.2) is 23.7 Å². The summed E-state index contributed by atoms with van der Waals surface area (Å²) in [6, 6.07) is 11.3. The Balaban J connectivity index is 1.80. The van der Waals surface area contributed by atoms with Crippen LogP contribution in [0.1, 0.15) is 6.42 Å². The fourth-order valence-electron chi connectivity index (χ4n) is 2.52. The number of hydrogen-bond acceptors (Lipinski definition) is 4. The summed E-state index contributed by atoms with van der Waals surface area (Å²) in [5.41, 5.74) is 0.0794. The second-order valence-corrected chi connectivity index (χ2v) is 8.47. The normalized spacial score (nSPS) is 11.8. The standard InChI is InChI=1S/C17H14Cl2N2O3S/c18-12-9-14-16(15(19)10-12)20-11-21(17(14)22)7-4-8-25(23,24)13-5-2-1-3-6-13/h1-3,5-6,9-11H,4,7-8H2. The van der Waals surface area contributed by atoms with Crippen molar-refractivity contribution in [2.75, 3.05) is 5.75 Å². The second-order valence-electron chi connectivity index (χ2n) is 5.51. The van der Waals surface area contributed by atoms with Gasteiger partial charge in [0.15, 0.2) is 9.84 Å². The van der Waals surface area contributed by atoms with Crippen molar-refractivity contribution in [2.45, 2.75) is 17.9 Å². The molecule has 0 aliphatic carbocycles. The van der Waals surface area contributed by atoms with Crippen molar-refractivity contribution in [3.05, 3.63) is 69.2 Å². The molecule has 0 amide bonds. The van der Waals surface area contributed by atoms with E-state index in [0.717, 1.165) is 0 Å². The molecule has 0 aliphatic heterocycles. The van der Waals surface area contributed by atoms with Crippen molar-refractivity contribution in [3.8, 4) is 0 Å². The van der Waals surface area contributed by atoms with Crippen LogP contribution in [-0.2, 0) is 16.4 Å². The van der Waals surface area contributed by atoms with Gasteiger partial charge in [0.2, 0.25) is 0 Å². The van der Waals surface area contributed by atoms with Gasteiger partial charge in [-0.05, 0) is 30.7 Å². The lowest BCUT2D eigenvalue weighted by atomic mass is 10.2. The van der Waals surface area contributed by atoms with Crippen molar-refractivity contribution in [1.82, 2.24) is 9.55 Å². The molecule has 5 nitrogen and oxygen atoms in total. The molecule has 0 saturated carbocycles. The highest BCUT2D eigenvalue weighted by molar-refractivity contribution is 7.91. The number of fused-ring (bicyclic) bond motifs is 1. The van der Waals surface area contributed by atoms with Gasteiger partial charge in [-0.15, -0.1) is 0 Å². The van der Waals surface area contributed by atoms with E-state index in [9.17, 15) is 13.2 Å². The quantitative estimate of drug-likeness (QED) is 0.660. The minimum atomic E-state index is -3.38. The summed E-state index contributed by atoms with van der Waals surface area (Å²) in [6.45, 7) is 0.234. The molecule has 130 valence electrons. The van der Waals surface area contributed by atoms with E-state index in [0.29, 0.717) is 27.4 Å². The molecule has 0 atom stereocenters. The van der Waals surface area contributed by atoms with Crippen molar-refractivity contribution in [1.29, 1.82) is 0 Å². The predicted molar refractivity (Wildman–Crippen MR) is 99.1 cm³/mol. The minimum Gasteiger partial charge on any atom is -0.299 e. The van der Waals surface area contributed by atoms with E-state index in [1.165, 1.54) is 23.0 Å². The van der Waals surface area contributed by atoms with Crippen LogP contribution in [0.4, 0.5) is 0 Å². The predicted octanol–water partition coefficient (Wildman–Crippen LogP) is 3.57. The van der Waals surface area contributed by atoms with E-state index in [-0.39, 0.29) is 22.8 Å². The van der Waals surface area contributed by atoms with Crippen LogP contribution in [0.5, 0.6) is 0 Å². The molecule has 0 spiro atoms. The highest BCUT2D eigenvalue weighted by Gasteiger charge is 2.14. The summed E-state index contributed by atoms with van der Waals surface area (Å²) in [5.74, 6) is -0.0577. The summed E-state index contributed by atoms with van der Waals surface area (Å²) in [4.78, 5) is 17.0. The molecule has 2 aromatic carbocycles. The molecule has 8 heteroatoms. The number of aromatic nitrogens is 2. The average Bonchev–Trinajstić information content (AvgIpc) is 2.58. The first-order valence-electron chi connectivity index (χ1n) is 7.50. The smallest absolute Gasteiger partial charge is 0.261 e. The van der Waals surface area contributed by atoms with E-state index in [1.54, 1.807) is 30.3 Å². The highest BCUT2D eigenvalue weighted by atomic mass is 35.5. The van der Waals surface area contributed by atoms with E-state index in [4.69, 9.17) is 23.2 Å². The van der Waals surface area contributed by atoms with E-state index < -0.39 is 9.84 Å². The van der Waals surface area contributed by atoms with Gasteiger partial charge in [0.25, 0.3) is 5.56 Å². The van der Waals surface area contributed by atoms with E-state index in [2.05, 4.69) is 4.98 Å². The molecular formula is C17H14Cl2N2O3S. The summed E-state index contributed by atoms with van der Waals surface area (Å²) in [7, 11) is -3.38. The molecule has 3 aromatic rings. The second kappa shape index (κ2) is 7.15. The summed E-state index contributed by atoms with van der Waals surface area (Å²) in [6.07, 6.45) is 1.66. The number of halogens is 2. The maximum Gasteiger partial charge on any atom is 0.261 e. The molecule has 3 rings (SSSR count). The molecular weight excluding hydrogens is 383 g/mol. The lowest BCUT2D eigenvalue weighted by molar-refractivity contribution is 0.583. The molecule has 0 N–H and O–H groups in total. The zero-order valence-corrected chi connectivity index (χ0v) is 15.4. The monoisotopic (exact) mass is 396 g/mol. The Morgan fingerprint density at radius 1 is 1.08 bits per heavy atom. The molecule has 1 heterocycles. The van der Waals surface area contributed by atoms with Crippen LogP contribution in [0.15, 0.2) is 58.5 Å². The number of sulfone groups is 1. The van der Waals surface area contributed by atoms with Crippen LogP contribution in [0.2, 0.25) is 10.0 Å². The minimum absolute atomic E-state index is 0.0577. The maximum absolute atomic E-state index is 12.5. The van der Waals surface area contributed by atoms with E-state index >= 15 is 0 Å². The van der Waals surface area contributed by atoms with Gasteiger partial charge < -0.3 is 0 Å². The molecule has 0 unspecified atom stereocenters. The number of benzene rings is 2. The number of aryl methyl sites for hydroxylation is 1. The summed E-state index contributed by atoms with van der Waals surface area (Å²) >= 11 is 12.0. The molecule has 0 bridgehead atoms. The molecule has 0 saturated heterocycles. The lowest BCUT2D eigenvalue weighted by Gasteiger charge is -2.08. The lowest BCUT2D eigenvalue weighted by Crippen LogP contribution is -2.22. The average molecular weight is 397 g/mol. The van der Waals surface area contributed by atoms with Crippen molar-refractivity contribution in [3.63, 3.8) is 0 Å². The van der Waals surface area contributed by atoms with Crippen LogP contribution < -0.4 is 5.56 Å². The van der Waals surface area contributed by atoms with Gasteiger partial charge in [-0.1, -0.05) is 41.4 Å². The van der Waals surface area contributed by atoms with Crippen molar-refractivity contribution < 1.29 is 8.42 Å². The number of nitrogens with zero attached hydrogens (tertiary/aromatic N) is 2. The Hall–Kier alpha value is -1.89. The fourth-order valence-corrected chi connectivity index (χ4v) is 4.38. The Morgan fingerprint density at radius 3 is 2.52 bits per heavy atom. The first kappa shape index (κ1) is 17.9. The Morgan fingerprint density at radius 2 is 1.80 bits per heavy atom. The first-order valence-corrected chi connectivity index (χ1v) is 9.91. The number of hydrogen-bond donors (Lipinski definition) is 0. The summed E-state index contributed by atoms with van der Waals surface area (Å²) < 4.78 is 25.9. The van der Waals surface area contributed by atoms with Crippen LogP contribution in [0.25, 0.3) is 10.9 Å². The topological polar surface area (TPSA) is 69.0 Å². The molecule has 1 aromatic heterocycles. The van der Waals surface area contributed by atoms with E-state index in [1.807, 2.05) is 0 Å². The number of rotatable bonds is 5. The SMILES string of the molecule is O=c1c2cc(Cl)cc(Cl)c2ncn1CCCS(=O)(=O)c1ccccc1. The van der Waals surface area contributed by atoms with Gasteiger partial charge >= 0.3 is 0 Å². The van der Waals surface area contributed by atoms with Crippen molar-refractivity contribution >= 4 is 43.9 Å². The molecule has 25 heavy (non-hydrogen) atoms. The van der Waals surface area contributed by atoms with Gasteiger partial charge in [0.1, 0.15) is 0 Å². The van der Waals surface area contributed by atoms with Crippen LogP contribution >= 0.6 is 23.2 Å². The fraction of sp³-hybridized carbons (Fsp3) is 0.176. The third-order valence-corrected chi connectivity index (χ3v) is 6.08. The first-order chi connectivity index (χ1) is 11.9. The molecule has 0 fully saturated rings. The highest BCUT2D eigenvalue weighted by Crippen LogP contribution is 2.24.